The number of rotatable bonds is 3. The molecule has 0 spiro atoms. The fourth-order valence-electron chi connectivity index (χ4n) is 4.25. The van der Waals surface area contributed by atoms with Gasteiger partial charge in [-0.05, 0) is 31.9 Å². The van der Waals surface area contributed by atoms with E-state index in [1.807, 2.05) is 0 Å². The molecule has 1 aliphatic heterocycles. The van der Waals surface area contributed by atoms with Gasteiger partial charge >= 0.3 is 0 Å². The van der Waals surface area contributed by atoms with Gasteiger partial charge in [0.2, 0.25) is 0 Å². The van der Waals surface area contributed by atoms with Crippen molar-refractivity contribution in [3.8, 4) is 0 Å². The van der Waals surface area contributed by atoms with Crippen LogP contribution in [0.4, 0.5) is 5.69 Å². The van der Waals surface area contributed by atoms with Gasteiger partial charge in [0.05, 0.1) is 0 Å². The maximum atomic E-state index is 3.93. The first-order valence-corrected chi connectivity index (χ1v) is 10.1. The maximum absolute atomic E-state index is 3.93. The summed E-state index contributed by atoms with van der Waals surface area (Å²) in [6.07, 6.45) is 12.6. The van der Waals surface area contributed by atoms with Crippen molar-refractivity contribution in [1.29, 1.82) is 0 Å². The van der Waals surface area contributed by atoms with E-state index in [1.54, 1.807) is 0 Å². The quantitative estimate of drug-likeness (QED) is 0.874. The summed E-state index contributed by atoms with van der Waals surface area (Å²) < 4.78 is 0. The highest BCUT2D eigenvalue weighted by atomic mass is 15.5. The predicted octanol–water partition coefficient (Wildman–Crippen LogP) is 4.60. The molecule has 1 heterocycles. The van der Waals surface area contributed by atoms with Gasteiger partial charge < -0.3 is 4.90 Å². The molecule has 134 valence electrons. The van der Waals surface area contributed by atoms with Gasteiger partial charge in [-0.15, -0.1) is 0 Å². The molecule has 0 amide bonds. The Balaban J connectivity index is 1.50. The summed E-state index contributed by atoms with van der Waals surface area (Å²) >= 11 is 0. The average Bonchev–Trinajstić information content (AvgIpc) is 2.62. The Hall–Kier alpha value is -1.06. The third kappa shape index (κ3) is 5.22. The molecule has 0 radical (unpaired) electrons. The van der Waals surface area contributed by atoms with Gasteiger partial charge in [-0.3, -0.25) is 0 Å². The van der Waals surface area contributed by atoms with Crippen LogP contribution in [0, 0.1) is 0 Å². The molecule has 2 aliphatic rings. The van der Waals surface area contributed by atoms with Crippen LogP contribution < -0.4 is 10.3 Å². The average molecular weight is 330 g/mol. The van der Waals surface area contributed by atoms with Crippen LogP contribution in [0.25, 0.3) is 0 Å². The number of anilines is 1. The first-order chi connectivity index (χ1) is 11.8. The van der Waals surface area contributed by atoms with E-state index in [1.165, 1.54) is 63.5 Å². The summed E-state index contributed by atoms with van der Waals surface area (Å²) in [5.41, 5.74) is 5.59. The second-order valence-corrected chi connectivity index (χ2v) is 7.96. The molecular weight excluding hydrogens is 294 g/mol. The van der Waals surface area contributed by atoms with Crippen LogP contribution in [-0.4, -0.2) is 36.7 Å². The number of nitrogens with one attached hydrogen (secondary N) is 1. The van der Waals surface area contributed by atoms with Crippen molar-refractivity contribution in [2.75, 3.05) is 31.1 Å². The van der Waals surface area contributed by atoms with Crippen LogP contribution >= 0.6 is 0 Å². The SMILES string of the molecule is CC1(NN2CCN(c3ccccc3)CC2)CCCCCCCCC1. The maximum Gasteiger partial charge on any atom is 0.0367 e. The molecule has 3 heteroatoms. The monoisotopic (exact) mass is 329 g/mol. The van der Waals surface area contributed by atoms with Crippen molar-refractivity contribution in [3.05, 3.63) is 30.3 Å². The molecule has 0 bridgehead atoms. The summed E-state index contributed by atoms with van der Waals surface area (Å²) in [6, 6.07) is 10.8. The molecular formula is C21H35N3. The smallest absolute Gasteiger partial charge is 0.0367 e. The fraction of sp³-hybridized carbons (Fsp3) is 0.714. The summed E-state index contributed by atoms with van der Waals surface area (Å²) in [4.78, 5) is 2.51. The number of para-hydroxylation sites is 1. The Morgan fingerprint density at radius 2 is 1.29 bits per heavy atom. The molecule has 1 aromatic carbocycles. The van der Waals surface area contributed by atoms with E-state index in [0.717, 1.165) is 26.2 Å². The second kappa shape index (κ2) is 8.87. The van der Waals surface area contributed by atoms with E-state index >= 15 is 0 Å². The fourth-order valence-corrected chi connectivity index (χ4v) is 4.25. The third-order valence-electron chi connectivity index (χ3n) is 5.79. The van der Waals surface area contributed by atoms with Crippen LogP contribution in [0.3, 0.4) is 0 Å². The Labute approximate surface area is 148 Å². The van der Waals surface area contributed by atoms with E-state index in [2.05, 4.69) is 52.6 Å². The lowest BCUT2D eigenvalue weighted by Gasteiger charge is -2.42. The molecule has 0 unspecified atom stereocenters. The molecule has 1 saturated heterocycles. The number of hydrazine groups is 1. The number of piperazine rings is 1. The zero-order chi connectivity index (χ0) is 16.7. The Morgan fingerprint density at radius 3 is 1.88 bits per heavy atom. The van der Waals surface area contributed by atoms with E-state index in [4.69, 9.17) is 0 Å². The zero-order valence-corrected chi connectivity index (χ0v) is 15.5. The van der Waals surface area contributed by atoms with Gasteiger partial charge in [-0.1, -0.05) is 63.1 Å². The number of benzene rings is 1. The number of hydrogen-bond donors (Lipinski definition) is 1. The predicted molar refractivity (Wildman–Crippen MR) is 103 cm³/mol. The molecule has 3 nitrogen and oxygen atoms in total. The summed E-state index contributed by atoms with van der Waals surface area (Å²) in [5, 5.41) is 2.49. The zero-order valence-electron chi connectivity index (χ0n) is 15.5. The van der Waals surface area contributed by atoms with Crippen molar-refractivity contribution in [2.45, 2.75) is 70.3 Å². The first kappa shape index (κ1) is 17.8. The first-order valence-electron chi connectivity index (χ1n) is 10.1. The molecule has 1 saturated carbocycles. The topological polar surface area (TPSA) is 18.5 Å². The molecule has 3 rings (SSSR count). The number of nitrogens with zero attached hydrogens (tertiary/aromatic N) is 2. The van der Waals surface area contributed by atoms with Gasteiger partial charge in [0.25, 0.3) is 0 Å². The van der Waals surface area contributed by atoms with Crippen LogP contribution in [0.5, 0.6) is 0 Å². The van der Waals surface area contributed by atoms with Gasteiger partial charge in [-0.25, -0.2) is 10.4 Å². The highest BCUT2D eigenvalue weighted by Gasteiger charge is 2.28. The van der Waals surface area contributed by atoms with Gasteiger partial charge in [0, 0.05) is 37.4 Å². The van der Waals surface area contributed by atoms with Crippen molar-refractivity contribution in [2.24, 2.45) is 0 Å². The second-order valence-electron chi connectivity index (χ2n) is 7.96. The van der Waals surface area contributed by atoms with Crippen LogP contribution in [0.2, 0.25) is 0 Å². The lowest BCUT2D eigenvalue weighted by Crippen LogP contribution is -2.59. The molecule has 1 N–H and O–H groups in total. The van der Waals surface area contributed by atoms with E-state index in [-0.39, 0.29) is 0 Å². The van der Waals surface area contributed by atoms with Crippen LogP contribution in [0.15, 0.2) is 30.3 Å². The minimum Gasteiger partial charge on any atom is -0.369 e. The van der Waals surface area contributed by atoms with Crippen molar-refractivity contribution in [1.82, 2.24) is 10.4 Å². The lowest BCUT2D eigenvalue weighted by atomic mass is 9.87. The van der Waals surface area contributed by atoms with Crippen LogP contribution in [-0.2, 0) is 0 Å². The normalized spacial score (nSPS) is 23.8. The molecule has 1 aliphatic carbocycles. The van der Waals surface area contributed by atoms with E-state index < -0.39 is 0 Å². The summed E-state index contributed by atoms with van der Waals surface area (Å²) in [7, 11) is 0. The highest BCUT2D eigenvalue weighted by molar-refractivity contribution is 5.46. The van der Waals surface area contributed by atoms with E-state index in [0.29, 0.717) is 5.54 Å². The minimum atomic E-state index is 0.298. The Kier molecular flexibility index (Phi) is 6.56. The summed E-state index contributed by atoms with van der Waals surface area (Å²) in [5.74, 6) is 0. The highest BCUT2D eigenvalue weighted by Crippen LogP contribution is 2.26. The van der Waals surface area contributed by atoms with Crippen LogP contribution in [0.1, 0.15) is 64.7 Å². The van der Waals surface area contributed by atoms with Crippen molar-refractivity contribution >= 4 is 5.69 Å². The van der Waals surface area contributed by atoms with Crippen molar-refractivity contribution in [3.63, 3.8) is 0 Å². The molecule has 0 atom stereocenters. The molecule has 0 aromatic heterocycles. The van der Waals surface area contributed by atoms with Gasteiger partial charge in [-0.2, -0.15) is 0 Å². The largest absolute Gasteiger partial charge is 0.369 e. The Bertz CT molecular complexity index is 455. The standard InChI is InChI=1S/C21H35N3/c1-21(14-10-5-3-2-4-6-11-15-21)22-24-18-16-23(17-19-24)20-12-8-7-9-13-20/h7-9,12-13,22H,2-6,10-11,14-19H2,1H3. The van der Waals surface area contributed by atoms with Gasteiger partial charge in [0.15, 0.2) is 0 Å². The molecule has 24 heavy (non-hydrogen) atoms. The minimum absolute atomic E-state index is 0.298. The third-order valence-corrected chi connectivity index (χ3v) is 5.79. The Morgan fingerprint density at radius 1 is 0.750 bits per heavy atom. The summed E-state index contributed by atoms with van der Waals surface area (Å²) in [6.45, 7) is 6.92. The van der Waals surface area contributed by atoms with Crippen molar-refractivity contribution < 1.29 is 0 Å². The van der Waals surface area contributed by atoms with E-state index in [9.17, 15) is 0 Å². The molecule has 1 aromatic rings. The van der Waals surface area contributed by atoms with Gasteiger partial charge in [0.1, 0.15) is 0 Å². The number of hydrogen-bond acceptors (Lipinski definition) is 3. The lowest BCUT2D eigenvalue weighted by molar-refractivity contribution is 0.0871. The molecule has 2 fully saturated rings.